The Hall–Kier alpha value is 0.240. The van der Waals surface area contributed by atoms with Crippen LogP contribution in [-0.2, 0) is 0 Å². The molecule has 0 N–H and O–H groups in total. The Morgan fingerprint density at radius 1 is 0.800 bits per heavy atom. The van der Waals surface area contributed by atoms with Gasteiger partial charge in [-0.05, 0) is 17.3 Å². The average Bonchev–Trinajstić information content (AvgIpc) is 2.02. The molecule has 0 unspecified atom stereocenters. The van der Waals surface area contributed by atoms with Gasteiger partial charge in [-0.25, -0.2) is 0 Å². The molecule has 0 amide bonds. The maximum atomic E-state index is 12.5. The van der Waals surface area contributed by atoms with Crippen LogP contribution in [0.1, 0.15) is 19.3 Å². The molecule has 0 nitrogen and oxygen atoms in total. The van der Waals surface area contributed by atoms with Crippen LogP contribution in [0.2, 0.25) is 0 Å². The zero-order valence-electron chi connectivity index (χ0n) is 7.35. The number of rotatable bonds is 5. The molecule has 0 aromatic carbocycles. The Kier molecular flexibility index (Phi) is 5.13. The minimum absolute atomic E-state index is 0.185. The van der Waals surface area contributed by atoms with E-state index in [-0.39, 0.29) is 12.8 Å². The predicted octanol–water partition coefficient (Wildman–Crippen LogP) is 4.42. The molecular weight excluding hydrogens is 344 g/mol. The minimum atomic E-state index is -6.21. The fourth-order valence-electron chi connectivity index (χ4n) is 0.806. The van der Waals surface area contributed by atoms with Crippen molar-refractivity contribution in [3.8, 4) is 0 Å². The largest absolute Gasteiger partial charge is 0.459 e. The molecule has 92 valence electrons. The number of halogens is 8. The first-order valence-corrected chi connectivity index (χ1v) is 5.47. The van der Waals surface area contributed by atoms with Crippen LogP contribution in [0.5, 0.6) is 0 Å². The van der Waals surface area contributed by atoms with Crippen molar-refractivity contribution in [2.24, 2.45) is 0 Å². The summed E-state index contributed by atoms with van der Waals surface area (Å²) in [5.41, 5.74) is 0. The number of hydrogen-bond acceptors (Lipinski definition) is 0. The minimum Gasteiger partial charge on any atom is -0.200 e. The third-order valence-electron chi connectivity index (χ3n) is 1.69. The molecule has 0 aliphatic heterocycles. The van der Waals surface area contributed by atoms with E-state index in [0.717, 1.165) is 0 Å². The van der Waals surface area contributed by atoms with E-state index >= 15 is 0 Å². The van der Waals surface area contributed by atoms with Gasteiger partial charge in [0.2, 0.25) is 0 Å². The monoisotopic (exact) mass is 352 g/mol. The lowest BCUT2D eigenvalue weighted by atomic mass is 10.0. The van der Waals surface area contributed by atoms with E-state index in [0.29, 0.717) is 4.43 Å². The maximum Gasteiger partial charge on any atom is 0.459 e. The Morgan fingerprint density at radius 2 is 1.27 bits per heavy atom. The number of hydrogen-bond donors (Lipinski definition) is 0. The van der Waals surface area contributed by atoms with Gasteiger partial charge in [0.25, 0.3) is 0 Å². The lowest BCUT2D eigenvalue weighted by molar-refractivity contribution is -0.355. The van der Waals surface area contributed by atoms with Crippen molar-refractivity contribution >= 4 is 22.6 Å². The van der Waals surface area contributed by atoms with Crippen molar-refractivity contribution in [3.63, 3.8) is 0 Å². The third kappa shape index (κ3) is 3.63. The topological polar surface area (TPSA) is 0 Å². The molecule has 0 fully saturated rings. The summed E-state index contributed by atoms with van der Waals surface area (Å²) in [4.78, 5) is 0. The SMILES string of the molecule is FC(F)(F)C(F)(F)C(F)(F)CCCCI. The van der Waals surface area contributed by atoms with E-state index in [4.69, 9.17) is 0 Å². The summed E-state index contributed by atoms with van der Waals surface area (Å²) in [7, 11) is 0. The highest BCUT2D eigenvalue weighted by Gasteiger charge is 2.72. The van der Waals surface area contributed by atoms with Crippen molar-refractivity contribution in [1.29, 1.82) is 0 Å². The molecule has 0 aromatic rings. The van der Waals surface area contributed by atoms with Crippen LogP contribution in [0, 0.1) is 0 Å². The standard InChI is InChI=1S/C7H8F7I/c8-5(9,3-1-2-4-15)6(10,11)7(12,13)14/h1-4H2. The van der Waals surface area contributed by atoms with Gasteiger partial charge in [0.05, 0.1) is 0 Å². The van der Waals surface area contributed by atoms with Crippen molar-refractivity contribution < 1.29 is 30.7 Å². The van der Waals surface area contributed by atoms with E-state index in [2.05, 4.69) is 0 Å². The molecule has 0 rings (SSSR count). The molecule has 0 aromatic heterocycles. The van der Waals surface area contributed by atoms with Gasteiger partial charge in [0, 0.05) is 6.42 Å². The van der Waals surface area contributed by atoms with Crippen molar-refractivity contribution in [2.75, 3.05) is 4.43 Å². The Labute approximate surface area is 95.3 Å². The second kappa shape index (κ2) is 5.05. The molecule has 0 heterocycles. The van der Waals surface area contributed by atoms with Crippen LogP contribution >= 0.6 is 22.6 Å². The lowest BCUT2D eigenvalue weighted by Crippen LogP contribution is -2.51. The molecule has 0 bridgehead atoms. The molecule has 15 heavy (non-hydrogen) atoms. The van der Waals surface area contributed by atoms with Crippen LogP contribution in [-0.4, -0.2) is 22.4 Å². The quantitative estimate of drug-likeness (QED) is 0.297. The number of alkyl halides is 8. The van der Waals surface area contributed by atoms with Gasteiger partial charge >= 0.3 is 18.0 Å². The van der Waals surface area contributed by atoms with Crippen LogP contribution < -0.4 is 0 Å². The van der Waals surface area contributed by atoms with Crippen LogP contribution in [0.15, 0.2) is 0 Å². The molecule has 0 saturated heterocycles. The second-order valence-electron chi connectivity index (χ2n) is 2.92. The van der Waals surface area contributed by atoms with Crippen molar-refractivity contribution in [2.45, 2.75) is 37.3 Å². The summed E-state index contributed by atoms with van der Waals surface area (Å²) in [5, 5.41) is 0. The fraction of sp³-hybridized carbons (Fsp3) is 1.00. The van der Waals surface area contributed by atoms with Gasteiger partial charge in [0.15, 0.2) is 0 Å². The zero-order valence-corrected chi connectivity index (χ0v) is 9.51. The summed E-state index contributed by atoms with van der Waals surface area (Å²) in [6, 6.07) is 0. The molecule has 0 atom stereocenters. The molecule has 8 heteroatoms. The zero-order chi connectivity index (χ0) is 12.3. The van der Waals surface area contributed by atoms with Crippen LogP contribution in [0.3, 0.4) is 0 Å². The van der Waals surface area contributed by atoms with Crippen LogP contribution in [0.25, 0.3) is 0 Å². The normalized spacial score (nSPS) is 14.4. The average molecular weight is 352 g/mol. The van der Waals surface area contributed by atoms with E-state index in [1.807, 2.05) is 22.6 Å². The fourth-order valence-corrected chi connectivity index (χ4v) is 1.35. The molecule has 0 spiro atoms. The second-order valence-corrected chi connectivity index (χ2v) is 4.00. The summed E-state index contributed by atoms with van der Waals surface area (Å²) in [5.74, 6) is -11.0. The highest BCUT2D eigenvalue weighted by atomic mass is 127. The Bertz CT molecular complexity index is 198. The summed E-state index contributed by atoms with van der Waals surface area (Å²) in [6.45, 7) is 0. The van der Waals surface area contributed by atoms with E-state index in [9.17, 15) is 30.7 Å². The summed E-state index contributed by atoms with van der Waals surface area (Å²) in [6.07, 6.45) is -7.84. The van der Waals surface area contributed by atoms with Crippen molar-refractivity contribution in [1.82, 2.24) is 0 Å². The van der Waals surface area contributed by atoms with E-state index < -0.39 is 24.4 Å². The first kappa shape index (κ1) is 15.2. The van der Waals surface area contributed by atoms with E-state index in [1.165, 1.54) is 0 Å². The molecule has 0 radical (unpaired) electrons. The molecule has 0 saturated carbocycles. The van der Waals surface area contributed by atoms with Gasteiger partial charge in [0.1, 0.15) is 0 Å². The predicted molar refractivity (Wildman–Crippen MR) is 48.7 cm³/mol. The first-order valence-electron chi connectivity index (χ1n) is 3.94. The summed E-state index contributed by atoms with van der Waals surface area (Å²) >= 11 is 1.82. The van der Waals surface area contributed by atoms with Gasteiger partial charge < -0.3 is 0 Å². The first-order chi connectivity index (χ1) is 6.56. The van der Waals surface area contributed by atoms with Gasteiger partial charge in [-0.3, -0.25) is 0 Å². The lowest BCUT2D eigenvalue weighted by Gasteiger charge is -2.28. The number of unbranched alkanes of at least 4 members (excludes halogenated alkanes) is 1. The van der Waals surface area contributed by atoms with Crippen LogP contribution in [0.4, 0.5) is 30.7 Å². The highest BCUT2D eigenvalue weighted by molar-refractivity contribution is 14.1. The Morgan fingerprint density at radius 3 is 1.60 bits per heavy atom. The van der Waals surface area contributed by atoms with E-state index in [1.54, 1.807) is 0 Å². The smallest absolute Gasteiger partial charge is 0.200 e. The van der Waals surface area contributed by atoms with Crippen molar-refractivity contribution in [3.05, 3.63) is 0 Å². The van der Waals surface area contributed by atoms with Gasteiger partial charge in [-0.1, -0.05) is 22.6 Å². The molecule has 0 aliphatic carbocycles. The highest BCUT2D eigenvalue weighted by Crippen LogP contribution is 2.48. The van der Waals surface area contributed by atoms with Gasteiger partial charge in [-0.15, -0.1) is 0 Å². The summed E-state index contributed by atoms with van der Waals surface area (Å²) < 4.78 is 84.9. The van der Waals surface area contributed by atoms with Gasteiger partial charge in [-0.2, -0.15) is 30.7 Å². The molecular formula is C7H8F7I. The third-order valence-corrected chi connectivity index (χ3v) is 2.45. The maximum absolute atomic E-state index is 12.5. The molecule has 0 aliphatic rings. The Balaban J connectivity index is 4.56.